The van der Waals surface area contributed by atoms with Crippen molar-refractivity contribution in [2.45, 2.75) is 360 Å². The Balaban J connectivity index is 1.20. The summed E-state index contributed by atoms with van der Waals surface area (Å²) in [4.78, 5) is 76.8. The minimum Gasteiger partial charge on any atom is -0.446 e. The number of carbonyl (C=O) groups is 4. The van der Waals surface area contributed by atoms with E-state index in [1.165, 1.54) is 22.3 Å². The number of ether oxygens (including phenoxy) is 4. The van der Waals surface area contributed by atoms with Gasteiger partial charge in [-0.2, -0.15) is 0 Å². The molecule has 4 heterocycles. The highest BCUT2D eigenvalue weighted by Gasteiger charge is 2.58. The van der Waals surface area contributed by atoms with Crippen LogP contribution in [0.1, 0.15) is 287 Å². The molecule has 100 heavy (non-hydrogen) atoms. The summed E-state index contributed by atoms with van der Waals surface area (Å²) in [7, 11) is 0. The average molecular weight is 1380 g/mol. The third-order valence-electron chi connectivity index (χ3n) is 27.2. The van der Waals surface area contributed by atoms with E-state index in [2.05, 4.69) is 252 Å². The number of benzene rings is 4. The molecule has 0 radical (unpaired) electrons. The second kappa shape index (κ2) is 35.1. The molecule has 14 heteroatoms. The maximum Gasteiger partial charge on any atom is 0.419 e. The van der Waals surface area contributed by atoms with E-state index in [-0.39, 0.29) is 44.3 Å². The SMILES string of the molecule is CCC1(CC)CC(OC(=O)N(CCN(C(=O)OC2CC(CC)(CC)N(Cc3ccccc3)C(CC)(CC)C2)C(=O)OC2CC(CC)(CC)N(Cc3ccccc3)C(CC)(CC)C2)C(=O)OC2CC(CC)(CC)N(Cc3ccccc3)C(CC)(CC)C2)CC(CC)(CC)N1Cc1ccccc1. The van der Waals surface area contributed by atoms with Crippen molar-refractivity contribution < 1.29 is 38.1 Å². The molecule has 8 rings (SSSR count). The number of hydrogen-bond acceptors (Lipinski definition) is 12. The van der Waals surface area contributed by atoms with Gasteiger partial charge >= 0.3 is 24.4 Å². The molecule has 554 valence electrons. The number of amides is 4. The van der Waals surface area contributed by atoms with Crippen molar-refractivity contribution >= 4 is 24.4 Å². The predicted octanol–water partition coefficient (Wildman–Crippen LogP) is 21.3. The van der Waals surface area contributed by atoms with Gasteiger partial charge in [-0.25, -0.2) is 29.0 Å². The molecule has 4 aromatic carbocycles. The topological polar surface area (TPSA) is 125 Å². The summed E-state index contributed by atoms with van der Waals surface area (Å²) >= 11 is 0. The summed E-state index contributed by atoms with van der Waals surface area (Å²) in [5, 5.41) is 0. The molecular formula is C86H132N6O8. The van der Waals surface area contributed by atoms with Crippen LogP contribution in [-0.4, -0.2) is 136 Å². The predicted molar refractivity (Wildman–Crippen MR) is 406 cm³/mol. The number of likely N-dealkylation sites (tertiary alicyclic amines) is 4. The van der Waals surface area contributed by atoms with E-state index in [9.17, 15) is 0 Å². The van der Waals surface area contributed by atoms with E-state index in [0.717, 1.165) is 139 Å². The third kappa shape index (κ3) is 16.6. The summed E-state index contributed by atoms with van der Waals surface area (Å²) in [6.07, 6.45) is 12.2. The van der Waals surface area contributed by atoms with Crippen molar-refractivity contribution in [3.05, 3.63) is 144 Å². The van der Waals surface area contributed by atoms with Crippen molar-refractivity contribution in [1.29, 1.82) is 0 Å². The van der Waals surface area contributed by atoms with Crippen molar-refractivity contribution in [2.75, 3.05) is 13.1 Å². The van der Waals surface area contributed by atoms with Gasteiger partial charge in [-0.15, -0.1) is 0 Å². The lowest BCUT2D eigenvalue weighted by molar-refractivity contribution is -0.133. The molecule has 0 spiro atoms. The number of rotatable bonds is 31. The molecular weight excluding hydrogens is 1240 g/mol. The summed E-state index contributed by atoms with van der Waals surface area (Å²) in [5.41, 5.74) is 2.26. The smallest absolute Gasteiger partial charge is 0.419 e. The summed E-state index contributed by atoms with van der Waals surface area (Å²) < 4.78 is 27.7. The minimum atomic E-state index is -0.847. The van der Waals surface area contributed by atoms with E-state index in [1.807, 2.05) is 0 Å². The molecule has 4 fully saturated rings. The van der Waals surface area contributed by atoms with Gasteiger partial charge in [-0.1, -0.05) is 232 Å². The normalized spacial score (nSPS) is 20.8. The molecule has 4 aliphatic heterocycles. The zero-order valence-electron chi connectivity index (χ0n) is 65.0. The van der Waals surface area contributed by atoms with Gasteiger partial charge in [0.2, 0.25) is 0 Å². The molecule has 0 N–H and O–H groups in total. The lowest BCUT2D eigenvalue weighted by Gasteiger charge is -2.60. The molecule has 14 nitrogen and oxygen atoms in total. The first-order valence-electron chi connectivity index (χ1n) is 39.8. The van der Waals surface area contributed by atoms with Crippen LogP contribution in [0.25, 0.3) is 0 Å². The monoisotopic (exact) mass is 1380 g/mol. The molecule has 0 aliphatic carbocycles. The van der Waals surface area contributed by atoms with Gasteiger partial charge in [0, 0.05) is 122 Å². The number of nitrogens with zero attached hydrogens (tertiary/aromatic N) is 6. The maximum absolute atomic E-state index is 16.0. The van der Waals surface area contributed by atoms with E-state index in [1.54, 1.807) is 0 Å². The van der Waals surface area contributed by atoms with Crippen LogP contribution in [0.3, 0.4) is 0 Å². The van der Waals surface area contributed by atoms with Crippen LogP contribution in [0.15, 0.2) is 121 Å². The van der Waals surface area contributed by atoms with Gasteiger partial charge in [-0.05, 0) is 125 Å². The van der Waals surface area contributed by atoms with Gasteiger partial charge in [0.25, 0.3) is 0 Å². The highest BCUT2D eigenvalue weighted by atomic mass is 16.6. The van der Waals surface area contributed by atoms with Crippen molar-refractivity contribution in [3.63, 3.8) is 0 Å². The standard InChI is InChI=1S/C86H132N6O8/c1-17-79(18-2)55-71(56-80(19-3,20-4)89(79)63-67-45-37-33-38-46-67)97-75(93)87(76(94)98-72-57-81(21-5,22-6)90(82(23-7,24-8)58-72)64-68-47-39-34-40-48-68)53-54-88(77(95)99-73-59-83(25-9,26-10)91(84(27-11,28-12)60-73)65-69-49-41-35-42-50-69)78(96)100-74-61-85(29-13,30-14)92(86(31-15,32-16)62-74)66-70-51-43-36-44-52-70/h33-52,71-74H,17-32,53-66H2,1-16H3. The molecule has 4 saturated heterocycles. The fraction of sp³-hybridized carbons (Fsp3) is 0.674. The van der Waals surface area contributed by atoms with Crippen LogP contribution < -0.4 is 0 Å². The van der Waals surface area contributed by atoms with Crippen LogP contribution in [0.2, 0.25) is 0 Å². The summed E-state index contributed by atoms with van der Waals surface area (Å²) in [6.45, 7) is 38.1. The van der Waals surface area contributed by atoms with Gasteiger partial charge in [0.05, 0.1) is 13.1 Å². The number of carbonyl (C=O) groups excluding carboxylic acids is 4. The second-order valence-corrected chi connectivity index (χ2v) is 30.7. The first-order valence-corrected chi connectivity index (χ1v) is 39.8. The lowest BCUT2D eigenvalue weighted by Crippen LogP contribution is -2.66. The molecule has 4 aromatic rings. The summed E-state index contributed by atoms with van der Waals surface area (Å²) in [6, 6.07) is 42.7. The highest BCUT2D eigenvalue weighted by molar-refractivity contribution is 5.90. The number of piperidine rings is 4. The average Bonchev–Trinajstić information content (AvgIpc) is 0.765. The Bertz CT molecular complexity index is 2650. The van der Waals surface area contributed by atoms with Crippen molar-refractivity contribution in [1.82, 2.24) is 29.4 Å². The van der Waals surface area contributed by atoms with Crippen LogP contribution >= 0.6 is 0 Å². The molecule has 0 saturated carbocycles. The quantitative estimate of drug-likeness (QED) is 0.0446. The van der Waals surface area contributed by atoms with Gasteiger partial charge in [-0.3, -0.25) is 19.6 Å². The Morgan fingerprint density at radius 2 is 0.410 bits per heavy atom. The van der Waals surface area contributed by atoms with E-state index in [0.29, 0.717) is 51.4 Å². The number of imide groups is 2. The Kier molecular flexibility index (Phi) is 28.1. The van der Waals surface area contributed by atoms with Gasteiger partial charge in [0.15, 0.2) is 0 Å². The van der Waals surface area contributed by atoms with E-state index in [4.69, 9.17) is 18.9 Å². The fourth-order valence-electron chi connectivity index (χ4n) is 20.2. The van der Waals surface area contributed by atoms with Crippen LogP contribution in [-0.2, 0) is 45.1 Å². The highest BCUT2D eigenvalue weighted by Crippen LogP contribution is 2.53. The molecule has 4 aliphatic rings. The van der Waals surface area contributed by atoms with Crippen molar-refractivity contribution in [3.8, 4) is 0 Å². The molecule has 4 amide bonds. The van der Waals surface area contributed by atoms with Gasteiger partial charge < -0.3 is 18.9 Å². The molecule has 0 aromatic heterocycles. The largest absolute Gasteiger partial charge is 0.446 e. The molecule has 0 bridgehead atoms. The zero-order chi connectivity index (χ0) is 72.6. The van der Waals surface area contributed by atoms with Gasteiger partial charge in [0.1, 0.15) is 24.4 Å². The lowest BCUT2D eigenvalue weighted by atomic mass is 9.69. The van der Waals surface area contributed by atoms with E-state index < -0.39 is 61.9 Å². The van der Waals surface area contributed by atoms with Crippen LogP contribution in [0, 0.1) is 0 Å². The Labute approximate surface area is 605 Å². The number of hydrogen-bond donors (Lipinski definition) is 0. The van der Waals surface area contributed by atoms with Crippen LogP contribution in [0.4, 0.5) is 19.2 Å². The van der Waals surface area contributed by atoms with Crippen molar-refractivity contribution in [2.24, 2.45) is 0 Å². The Hall–Kier alpha value is -5.80. The second-order valence-electron chi connectivity index (χ2n) is 30.7. The Morgan fingerprint density at radius 3 is 0.540 bits per heavy atom. The molecule has 0 atom stereocenters. The maximum atomic E-state index is 16.0. The fourth-order valence-corrected chi connectivity index (χ4v) is 20.2. The first-order chi connectivity index (χ1) is 48.1. The minimum absolute atomic E-state index is 0.336. The van der Waals surface area contributed by atoms with E-state index >= 15 is 19.2 Å². The third-order valence-corrected chi connectivity index (χ3v) is 27.2. The Morgan fingerprint density at radius 1 is 0.270 bits per heavy atom. The first kappa shape index (κ1) is 79.9. The molecule has 0 unspecified atom stereocenters. The zero-order valence-corrected chi connectivity index (χ0v) is 65.0. The summed E-state index contributed by atoms with van der Waals surface area (Å²) in [5.74, 6) is 0. The van der Waals surface area contributed by atoms with Crippen LogP contribution in [0.5, 0.6) is 0 Å².